The molecule has 6 heteroatoms. The van der Waals surface area contributed by atoms with E-state index in [1.807, 2.05) is 29.2 Å². The number of urea groups is 1. The van der Waals surface area contributed by atoms with E-state index in [0.29, 0.717) is 5.89 Å². The molecule has 6 nitrogen and oxygen atoms in total. The molecule has 1 saturated heterocycles. The number of hydrogen-bond acceptors (Lipinski definition) is 4. The van der Waals surface area contributed by atoms with Gasteiger partial charge in [0, 0.05) is 24.3 Å². The van der Waals surface area contributed by atoms with Crippen molar-refractivity contribution in [3.8, 4) is 11.5 Å². The van der Waals surface area contributed by atoms with Gasteiger partial charge in [-0.05, 0) is 43.4 Å². The van der Waals surface area contributed by atoms with Gasteiger partial charge in [-0.2, -0.15) is 0 Å². The highest BCUT2D eigenvalue weighted by atomic mass is 16.4. The van der Waals surface area contributed by atoms with Crippen LogP contribution in [0.3, 0.4) is 0 Å². The Labute approximate surface area is 142 Å². The van der Waals surface area contributed by atoms with Crippen LogP contribution in [-0.2, 0) is 0 Å². The molecule has 0 spiro atoms. The lowest BCUT2D eigenvalue weighted by Crippen LogP contribution is -2.35. The number of likely N-dealkylation sites (tertiary alicyclic amines) is 1. The molecule has 1 atom stereocenters. The van der Waals surface area contributed by atoms with Crippen molar-refractivity contribution in [2.24, 2.45) is 5.92 Å². The standard InChI is InChI=1S/C18H24N4O2/c1-2-5-14-6-4-10-22(11-9-14)18(23)20-16-8-3-7-15(12-16)17-21-19-13-24-17/h3,7-8,12-14H,2,4-6,9-11H2,1H3,(H,20,23). The van der Waals surface area contributed by atoms with Gasteiger partial charge in [0.05, 0.1) is 0 Å². The van der Waals surface area contributed by atoms with Gasteiger partial charge >= 0.3 is 6.03 Å². The summed E-state index contributed by atoms with van der Waals surface area (Å²) in [6, 6.07) is 7.44. The maximum absolute atomic E-state index is 12.5. The van der Waals surface area contributed by atoms with Crippen LogP contribution >= 0.6 is 0 Å². The topological polar surface area (TPSA) is 71.3 Å². The van der Waals surface area contributed by atoms with Crippen LogP contribution in [0.1, 0.15) is 39.0 Å². The first kappa shape index (κ1) is 16.5. The van der Waals surface area contributed by atoms with Crippen molar-refractivity contribution in [3.63, 3.8) is 0 Å². The predicted octanol–water partition coefficient (Wildman–Crippen LogP) is 4.17. The highest BCUT2D eigenvalue weighted by molar-refractivity contribution is 5.90. The van der Waals surface area contributed by atoms with Gasteiger partial charge in [0.1, 0.15) is 0 Å². The number of aromatic nitrogens is 2. The second kappa shape index (κ2) is 7.95. The number of amides is 2. The van der Waals surface area contributed by atoms with E-state index in [9.17, 15) is 4.79 Å². The van der Waals surface area contributed by atoms with Gasteiger partial charge in [-0.3, -0.25) is 0 Å². The van der Waals surface area contributed by atoms with Crippen LogP contribution in [0.5, 0.6) is 0 Å². The number of carbonyl (C=O) groups is 1. The summed E-state index contributed by atoms with van der Waals surface area (Å²) in [5, 5.41) is 10.6. The molecule has 1 aliphatic rings. The number of benzene rings is 1. The molecule has 1 unspecified atom stereocenters. The molecule has 2 amide bonds. The minimum absolute atomic E-state index is 0.0326. The van der Waals surface area contributed by atoms with E-state index in [4.69, 9.17) is 4.42 Å². The fourth-order valence-corrected chi connectivity index (χ4v) is 3.30. The zero-order valence-corrected chi connectivity index (χ0v) is 14.1. The third kappa shape index (κ3) is 4.13. The Morgan fingerprint density at radius 1 is 1.38 bits per heavy atom. The third-order valence-electron chi connectivity index (χ3n) is 4.55. The van der Waals surface area contributed by atoms with Gasteiger partial charge in [-0.25, -0.2) is 4.79 Å². The lowest BCUT2D eigenvalue weighted by Gasteiger charge is -2.21. The quantitative estimate of drug-likeness (QED) is 0.914. The summed E-state index contributed by atoms with van der Waals surface area (Å²) in [5.74, 6) is 1.21. The number of rotatable bonds is 4. The molecular weight excluding hydrogens is 304 g/mol. The van der Waals surface area contributed by atoms with Crippen molar-refractivity contribution in [1.29, 1.82) is 0 Å². The van der Waals surface area contributed by atoms with Gasteiger partial charge < -0.3 is 14.6 Å². The molecule has 1 fully saturated rings. The maximum Gasteiger partial charge on any atom is 0.321 e. The smallest absolute Gasteiger partial charge is 0.321 e. The average Bonchev–Trinajstić information content (AvgIpc) is 3.02. The van der Waals surface area contributed by atoms with Crippen LogP contribution in [0.25, 0.3) is 11.5 Å². The molecule has 2 heterocycles. The van der Waals surface area contributed by atoms with E-state index >= 15 is 0 Å². The Morgan fingerprint density at radius 2 is 2.29 bits per heavy atom. The largest absolute Gasteiger partial charge is 0.423 e. The fraction of sp³-hybridized carbons (Fsp3) is 0.500. The number of anilines is 1. The van der Waals surface area contributed by atoms with E-state index in [1.54, 1.807) is 0 Å². The first-order valence-electron chi connectivity index (χ1n) is 8.69. The Balaban J connectivity index is 1.61. The average molecular weight is 328 g/mol. The van der Waals surface area contributed by atoms with Gasteiger partial charge in [0.25, 0.3) is 0 Å². The molecule has 1 N–H and O–H groups in total. The van der Waals surface area contributed by atoms with Crippen LogP contribution in [0.2, 0.25) is 0 Å². The normalized spacial score (nSPS) is 18.2. The minimum atomic E-state index is -0.0326. The van der Waals surface area contributed by atoms with Crippen LogP contribution in [0, 0.1) is 5.92 Å². The van der Waals surface area contributed by atoms with Crippen LogP contribution < -0.4 is 5.32 Å². The summed E-state index contributed by atoms with van der Waals surface area (Å²) in [6.07, 6.45) is 7.19. The fourth-order valence-electron chi connectivity index (χ4n) is 3.30. The van der Waals surface area contributed by atoms with E-state index < -0.39 is 0 Å². The van der Waals surface area contributed by atoms with E-state index in [1.165, 1.54) is 25.7 Å². The molecule has 0 saturated carbocycles. The Morgan fingerprint density at radius 3 is 3.08 bits per heavy atom. The Kier molecular flexibility index (Phi) is 5.46. The summed E-state index contributed by atoms with van der Waals surface area (Å²) >= 11 is 0. The third-order valence-corrected chi connectivity index (χ3v) is 4.55. The lowest BCUT2D eigenvalue weighted by atomic mass is 9.96. The predicted molar refractivity (Wildman–Crippen MR) is 92.6 cm³/mol. The number of carbonyl (C=O) groups excluding carboxylic acids is 1. The van der Waals surface area contributed by atoms with E-state index in [0.717, 1.165) is 43.1 Å². The summed E-state index contributed by atoms with van der Waals surface area (Å²) in [4.78, 5) is 14.5. The summed E-state index contributed by atoms with van der Waals surface area (Å²) in [7, 11) is 0. The Hall–Kier alpha value is -2.37. The molecule has 0 bridgehead atoms. The van der Waals surface area contributed by atoms with Gasteiger partial charge in [0.15, 0.2) is 0 Å². The Bertz CT molecular complexity index is 657. The van der Waals surface area contributed by atoms with Crippen molar-refractivity contribution in [3.05, 3.63) is 30.7 Å². The second-order valence-electron chi connectivity index (χ2n) is 6.33. The van der Waals surface area contributed by atoms with Crippen molar-refractivity contribution in [2.75, 3.05) is 18.4 Å². The number of nitrogens with one attached hydrogen (secondary N) is 1. The van der Waals surface area contributed by atoms with Crippen molar-refractivity contribution >= 4 is 11.7 Å². The van der Waals surface area contributed by atoms with Crippen LogP contribution in [0.15, 0.2) is 35.1 Å². The molecule has 0 aliphatic carbocycles. The van der Waals surface area contributed by atoms with Crippen molar-refractivity contribution in [1.82, 2.24) is 15.1 Å². The van der Waals surface area contributed by atoms with Crippen LogP contribution in [0.4, 0.5) is 10.5 Å². The zero-order valence-electron chi connectivity index (χ0n) is 14.1. The number of nitrogens with zero attached hydrogens (tertiary/aromatic N) is 3. The van der Waals surface area contributed by atoms with Crippen molar-refractivity contribution < 1.29 is 9.21 Å². The molecule has 1 aliphatic heterocycles. The summed E-state index contributed by atoms with van der Waals surface area (Å²) in [5.41, 5.74) is 1.54. The summed E-state index contributed by atoms with van der Waals surface area (Å²) < 4.78 is 5.20. The SMILES string of the molecule is CCCC1CCCN(C(=O)Nc2cccc(-c3nnco3)c2)CC1. The molecule has 3 rings (SSSR count). The highest BCUT2D eigenvalue weighted by Gasteiger charge is 2.20. The van der Waals surface area contributed by atoms with Crippen molar-refractivity contribution in [2.45, 2.75) is 39.0 Å². The zero-order chi connectivity index (χ0) is 16.8. The molecular formula is C18H24N4O2. The molecule has 0 radical (unpaired) electrons. The van der Waals surface area contributed by atoms with E-state index in [2.05, 4.69) is 22.4 Å². The molecule has 24 heavy (non-hydrogen) atoms. The molecule has 1 aromatic heterocycles. The molecule has 1 aromatic carbocycles. The maximum atomic E-state index is 12.5. The van der Waals surface area contributed by atoms with E-state index in [-0.39, 0.29) is 6.03 Å². The highest BCUT2D eigenvalue weighted by Crippen LogP contribution is 2.23. The van der Waals surface area contributed by atoms with Gasteiger partial charge in [0.2, 0.25) is 12.3 Å². The lowest BCUT2D eigenvalue weighted by molar-refractivity contribution is 0.213. The molecule has 2 aromatic rings. The first-order chi connectivity index (χ1) is 11.8. The van der Waals surface area contributed by atoms with Gasteiger partial charge in [-0.1, -0.05) is 25.8 Å². The second-order valence-corrected chi connectivity index (χ2v) is 6.33. The first-order valence-corrected chi connectivity index (χ1v) is 8.69. The number of hydrogen-bond donors (Lipinski definition) is 1. The van der Waals surface area contributed by atoms with Crippen LogP contribution in [-0.4, -0.2) is 34.2 Å². The van der Waals surface area contributed by atoms with Gasteiger partial charge in [-0.15, -0.1) is 10.2 Å². The minimum Gasteiger partial charge on any atom is -0.423 e. The summed E-state index contributed by atoms with van der Waals surface area (Å²) in [6.45, 7) is 3.89. The molecule has 128 valence electrons. The monoisotopic (exact) mass is 328 g/mol.